The summed E-state index contributed by atoms with van der Waals surface area (Å²) in [7, 11) is 0. The Kier molecular flexibility index (Phi) is 4.65. The van der Waals surface area contributed by atoms with Crippen molar-refractivity contribution in [1.29, 1.82) is 0 Å². The molecule has 1 aliphatic heterocycles. The van der Waals surface area contributed by atoms with Crippen molar-refractivity contribution in [1.82, 2.24) is 5.43 Å². The van der Waals surface area contributed by atoms with Crippen molar-refractivity contribution < 1.29 is 9.47 Å². The van der Waals surface area contributed by atoms with Gasteiger partial charge in [0, 0.05) is 32.7 Å². The summed E-state index contributed by atoms with van der Waals surface area (Å²) in [5.74, 6) is 8.74. The van der Waals surface area contributed by atoms with Crippen LogP contribution in [0.15, 0.2) is 0 Å². The molecule has 0 radical (unpaired) electrons. The number of ether oxygens (including phenoxy) is 2. The zero-order valence-corrected chi connectivity index (χ0v) is 12.8. The number of hydrogen-bond acceptors (Lipinski definition) is 4. The fourth-order valence-corrected chi connectivity index (χ4v) is 5.00. The van der Waals surface area contributed by atoms with Gasteiger partial charge in [0.25, 0.3) is 0 Å². The van der Waals surface area contributed by atoms with E-state index >= 15 is 0 Å². The highest BCUT2D eigenvalue weighted by Crippen LogP contribution is 2.50. The molecule has 2 saturated carbocycles. The Hall–Kier alpha value is -0.160. The molecule has 3 fully saturated rings. The highest BCUT2D eigenvalue weighted by molar-refractivity contribution is 4.99. The highest BCUT2D eigenvalue weighted by Gasteiger charge is 2.46. The van der Waals surface area contributed by atoms with Gasteiger partial charge in [0.1, 0.15) is 0 Å². The van der Waals surface area contributed by atoms with Gasteiger partial charge in [0.15, 0.2) is 0 Å². The predicted molar refractivity (Wildman–Crippen MR) is 79.1 cm³/mol. The molecule has 2 aliphatic carbocycles. The second kappa shape index (κ2) is 6.30. The summed E-state index contributed by atoms with van der Waals surface area (Å²) in [5.41, 5.74) is 3.00. The zero-order valence-electron chi connectivity index (χ0n) is 12.8. The van der Waals surface area contributed by atoms with Crippen LogP contribution in [-0.2, 0) is 9.47 Å². The Balaban J connectivity index is 1.66. The lowest BCUT2D eigenvalue weighted by molar-refractivity contribution is -0.130. The molecule has 0 aromatic heterocycles. The van der Waals surface area contributed by atoms with Crippen molar-refractivity contribution >= 4 is 0 Å². The summed E-state index contributed by atoms with van der Waals surface area (Å²) in [6.07, 6.45) is 8.91. The van der Waals surface area contributed by atoms with E-state index in [0.717, 1.165) is 50.4 Å². The molecule has 3 rings (SSSR count). The number of nitrogens with two attached hydrogens (primary N) is 1. The molecule has 0 amide bonds. The van der Waals surface area contributed by atoms with Crippen LogP contribution in [0.2, 0.25) is 0 Å². The third kappa shape index (κ3) is 2.76. The average molecular weight is 282 g/mol. The first-order chi connectivity index (χ1) is 9.77. The van der Waals surface area contributed by atoms with E-state index in [1.54, 1.807) is 0 Å². The first-order valence-electron chi connectivity index (χ1n) is 8.45. The Labute approximate surface area is 122 Å². The molecule has 0 spiro atoms. The molecular formula is C16H30N2O2. The van der Waals surface area contributed by atoms with E-state index in [0.29, 0.717) is 0 Å². The molecule has 4 atom stereocenters. The maximum atomic E-state index is 6.19. The summed E-state index contributed by atoms with van der Waals surface area (Å²) < 4.78 is 11.7. The second-order valence-corrected chi connectivity index (χ2v) is 7.00. The van der Waals surface area contributed by atoms with Gasteiger partial charge in [-0.3, -0.25) is 11.3 Å². The molecule has 4 heteroatoms. The number of nitrogens with one attached hydrogen (secondary N) is 1. The Morgan fingerprint density at radius 2 is 2.10 bits per heavy atom. The molecule has 116 valence electrons. The lowest BCUT2D eigenvalue weighted by Crippen LogP contribution is -2.58. The smallest absolute Gasteiger partial charge is 0.0891 e. The summed E-state index contributed by atoms with van der Waals surface area (Å²) in [5, 5.41) is 0. The maximum absolute atomic E-state index is 6.19. The van der Waals surface area contributed by atoms with E-state index in [2.05, 4.69) is 12.3 Å². The summed E-state index contributed by atoms with van der Waals surface area (Å²) >= 11 is 0. The van der Waals surface area contributed by atoms with Crippen LogP contribution in [0.4, 0.5) is 0 Å². The van der Waals surface area contributed by atoms with Gasteiger partial charge in [-0.05, 0) is 50.4 Å². The third-order valence-electron chi connectivity index (χ3n) is 6.03. The molecule has 1 saturated heterocycles. The number of rotatable bonds is 6. The van der Waals surface area contributed by atoms with Crippen LogP contribution in [0, 0.1) is 17.8 Å². The van der Waals surface area contributed by atoms with E-state index in [9.17, 15) is 0 Å². The molecule has 4 unspecified atom stereocenters. The zero-order chi connectivity index (χ0) is 14.0. The fraction of sp³-hybridized carbons (Fsp3) is 1.00. The quantitative estimate of drug-likeness (QED) is 0.579. The normalized spacial score (nSPS) is 37.2. The molecule has 1 heterocycles. The van der Waals surface area contributed by atoms with Gasteiger partial charge in [0.2, 0.25) is 0 Å². The van der Waals surface area contributed by atoms with Crippen molar-refractivity contribution in [2.45, 2.75) is 63.5 Å². The summed E-state index contributed by atoms with van der Waals surface area (Å²) in [6, 6.07) is 0.274. The van der Waals surface area contributed by atoms with E-state index in [1.165, 1.54) is 32.1 Å². The molecule has 2 bridgehead atoms. The molecule has 3 N–H and O–H groups in total. The molecule has 3 aliphatic rings. The Bertz CT molecular complexity index is 312. The third-order valence-corrected chi connectivity index (χ3v) is 6.03. The van der Waals surface area contributed by atoms with Gasteiger partial charge < -0.3 is 9.47 Å². The van der Waals surface area contributed by atoms with Crippen molar-refractivity contribution in [3.63, 3.8) is 0 Å². The summed E-state index contributed by atoms with van der Waals surface area (Å²) in [4.78, 5) is 0. The first kappa shape index (κ1) is 14.8. The molecule has 20 heavy (non-hydrogen) atoms. The van der Waals surface area contributed by atoms with Gasteiger partial charge in [-0.1, -0.05) is 6.42 Å². The Morgan fingerprint density at radius 3 is 2.65 bits per heavy atom. The van der Waals surface area contributed by atoms with Crippen LogP contribution < -0.4 is 11.3 Å². The van der Waals surface area contributed by atoms with Gasteiger partial charge >= 0.3 is 0 Å². The van der Waals surface area contributed by atoms with Crippen LogP contribution in [0.3, 0.4) is 0 Å². The number of fused-ring (bicyclic) bond motifs is 2. The maximum Gasteiger partial charge on any atom is 0.0891 e. The fourth-order valence-electron chi connectivity index (χ4n) is 5.00. The molecule has 4 nitrogen and oxygen atoms in total. The van der Waals surface area contributed by atoms with Crippen molar-refractivity contribution in [2.75, 3.05) is 19.8 Å². The minimum Gasteiger partial charge on any atom is -0.381 e. The van der Waals surface area contributed by atoms with Crippen molar-refractivity contribution in [2.24, 2.45) is 23.6 Å². The minimum absolute atomic E-state index is 0.108. The lowest BCUT2D eigenvalue weighted by atomic mass is 9.77. The predicted octanol–water partition coefficient (Wildman–Crippen LogP) is 2.23. The molecule has 0 aromatic rings. The first-order valence-corrected chi connectivity index (χ1v) is 8.45. The standard InChI is InChI=1S/C16H30N2O2/c1-2-20-16(5-7-19-8-6-16)15(18-17)11-14-10-12-3-4-13(14)9-12/h12-15,18H,2-11,17H2,1H3. The summed E-state index contributed by atoms with van der Waals surface area (Å²) in [6.45, 7) is 4.45. The Morgan fingerprint density at radius 1 is 1.30 bits per heavy atom. The van der Waals surface area contributed by atoms with E-state index < -0.39 is 0 Å². The van der Waals surface area contributed by atoms with E-state index in [1.807, 2.05) is 0 Å². The van der Waals surface area contributed by atoms with Crippen LogP contribution in [-0.4, -0.2) is 31.5 Å². The number of hydrogen-bond donors (Lipinski definition) is 2. The van der Waals surface area contributed by atoms with Crippen LogP contribution in [0.1, 0.15) is 51.9 Å². The van der Waals surface area contributed by atoms with Crippen LogP contribution >= 0.6 is 0 Å². The topological polar surface area (TPSA) is 56.5 Å². The second-order valence-electron chi connectivity index (χ2n) is 7.00. The van der Waals surface area contributed by atoms with Gasteiger partial charge in [-0.2, -0.15) is 0 Å². The van der Waals surface area contributed by atoms with E-state index in [-0.39, 0.29) is 11.6 Å². The van der Waals surface area contributed by atoms with Crippen molar-refractivity contribution in [3.8, 4) is 0 Å². The average Bonchev–Trinajstić information content (AvgIpc) is 3.08. The van der Waals surface area contributed by atoms with Crippen LogP contribution in [0.5, 0.6) is 0 Å². The largest absolute Gasteiger partial charge is 0.381 e. The van der Waals surface area contributed by atoms with Crippen molar-refractivity contribution in [3.05, 3.63) is 0 Å². The highest BCUT2D eigenvalue weighted by atomic mass is 16.5. The van der Waals surface area contributed by atoms with Gasteiger partial charge in [-0.15, -0.1) is 0 Å². The van der Waals surface area contributed by atoms with Gasteiger partial charge in [-0.25, -0.2) is 0 Å². The molecule has 0 aromatic carbocycles. The van der Waals surface area contributed by atoms with Crippen LogP contribution in [0.25, 0.3) is 0 Å². The molecular weight excluding hydrogens is 252 g/mol. The van der Waals surface area contributed by atoms with Gasteiger partial charge in [0.05, 0.1) is 11.6 Å². The minimum atomic E-state index is -0.108. The lowest BCUT2D eigenvalue weighted by Gasteiger charge is -2.44. The van der Waals surface area contributed by atoms with E-state index in [4.69, 9.17) is 15.3 Å². The number of hydrazine groups is 1. The monoisotopic (exact) mass is 282 g/mol. The SMILES string of the molecule is CCOC1(C(CC2CC3CCC2C3)NN)CCOCC1.